The third-order valence-corrected chi connectivity index (χ3v) is 2.90. The van der Waals surface area contributed by atoms with Crippen molar-refractivity contribution in [2.75, 3.05) is 0 Å². The minimum Gasteiger partial charge on any atom is -0.487 e. The normalized spacial score (nSPS) is 23.0. The molecule has 0 aliphatic carbocycles. The second kappa shape index (κ2) is 3.69. The molecule has 0 N–H and O–H groups in total. The highest BCUT2D eigenvalue weighted by Gasteiger charge is 2.36. The maximum Gasteiger partial charge on any atom is 0.194 e. The van der Waals surface area contributed by atoms with E-state index in [9.17, 15) is 4.79 Å². The molecule has 0 radical (unpaired) electrons. The lowest BCUT2D eigenvalue weighted by Gasteiger charge is -2.29. The average molecular weight is 229 g/mol. The van der Waals surface area contributed by atoms with Crippen LogP contribution in [0.5, 0.6) is 5.75 Å². The zero-order valence-corrected chi connectivity index (χ0v) is 9.28. The van der Waals surface area contributed by atoms with E-state index >= 15 is 0 Å². The zero-order chi connectivity index (χ0) is 11.8. The number of para-hydroxylation sites is 1. The van der Waals surface area contributed by atoms with E-state index < -0.39 is 6.04 Å². The number of fused-ring (bicyclic) bond motifs is 1. The van der Waals surface area contributed by atoms with Gasteiger partial charge in [0, 0.05) is 0 Å². The molecule has 2 atom stereocenters. The van der Waals surface area contributed by atoms with E-state index in [2.05, 4.69) is 10.1 Å². The number of hydrogen-bond acceptors (Lipinski definition) is 4. The summed E-state index contributed by atoms with van der Waals surface area (Å²) in [6.45, 7) is 1.86. The summed E-state index contributed by atoms with van der Waals surface area (Å²) in [4.78, 5) is 16.2. The van der Waals surface area contributed by atoms with Crippen LogP contribution in [0.1, 0.15) is 23.3 Å². The molecule has 0 spiro atoms. The van der Waals surface area contributed by atoms with E-state index in [4.69, 9.17) is 4.74 Å². The van der Waals surface area contributed by atoms with Gasteiger partial charge in [0.05, 0.1) is 5.56 Å². The highest BCUT2D eigenvalue weighted by atomic mass is 16.5. The standard InChI is InChI=1S/C12H11N3O2/c1-8-11(15-7-13-6-14-15)12(16)9-4-2-3-5-10(9)17-8/h2-8,11H,1H3. The van der Waals surface area contributed by atoms with E-state index in [1.54, 1.807) is 16.8 Å². The molecule has 0 saturated carbocycles. The molecule has 0 saturated heterocycles. The van der Waals surface area contributed by atoms with Gasteiger partial charge in [0.15, 0.2) is 11.8 Å². The van der Waals surface area contributed by atoms with Crippen molar-refractivity contribution >= 4 is 5.78 Å². The van der Waals surface area contributed by atoms with Crippen molar-refractivity contribution in [1.82, 2.24) is 14.8 Å². The maximum atomic E-state index is 12.4. The number of ether oxygens (including phenoxy) is 1. The summed E-state index contributed by atoms with van der Waals surface area (Å²) in [5.41, 5.74) is 0.603. The van der Waals surface area contributed by atoms with E-state index in [1.807, 2.05) is 19.1 Å². The molecule has 1 aromatic carbocycles. The molecule has 2 heterocycles. The lowest BCUT2D eigenvalue weighted by atomic mass is 9.96. The first-order chi connectivity index (χ1) is 8.27. The summed E-state index contributed by atoms with van der Waals surface area (Å²) in [5.74, 6) is 0.659. The number of Topliss-reactive ketones (excluding diaryl/α,β-unsaturated/α-hetero) is 1. The Bertz CT molecular complexity index is 551. The molecular formula is C12H11N3O2. The van der Waals surface area contributed by atoms with Gasteiger partial charge >= 0.3 is 0 Å². The monoisotopic (exact) mass is 229 g/mol. The van der Waals surface area contributed by atoms with Crippen molar-refractivity contribution in [3.8, 4) is 5.75 Å². The first kappa shape index (κ1) is 10.0. The van der Waals surface area contributed by atoms with Crippen LogP contribution in [0, 0.1) is 0 Å². The van der Waals surface area contributed by atoms with Crippen LogP contribution in [0.2, 0.25) is 0 Å². The fraction of sp³-hybridized carbons (Fsp3) is 0.250. The zero-order valence-electron chi connectivity index (χ0n) is 9.28. The smallest absolute Gasteiger partial charge is 0.194 e. The third-order valence-electron chi connectivity index (χ3n) is 2.90. The van der Waals surface area contributed by atoms with Gasteiger partial charge < -0.3 is 4.74 Å². The second-order valence-electron chi connectivity index (χ2n) is 4.00. The molecule has 86 valence electrons. The van der Waals surface area contributed by atoms with Crippen molar-refractivity contribution < 1.29 is 9.53 Å². The molecule has 2 unspecified atom stereocenters. The van der Waals surface area contributed by atoms with Crippen LogP contribution in [-0.4, -0.2) is 26.7 Å². The molecule has 1 aliphatic heterocycles. The Balaban J connectivity index is 2.07. The predicted octanol–water partition coefficient (Wildman–Crippen LogP) is 1.48. The Morgan fingerprint density at radius 2 is 2.18 bits per heavy atom. The van der Waals surface area contributed by atoms with Crippen LogP contribution in [0.4, 0.5) is 0 Å². The summed E-state index contributed by atoms with van der Waals surface area (Å²) in [6, 6.07) is 6.82. The first-order valence-electron chi connectivity index (χ1n) is 5.41. The largest absolute Gasteiger partial charge is 0.487 e. The molecule has 17 heavy (non-hydrogen) atoms. The van der Waals surface area contributed by atoms with Crippen LogP contribution in [0.15, 0.2) is 36.9 Å². The number of rotatable bonds is 1. The summed E-state index contributed by atoms with van der Waals surface area (Å²) in [5, 5.41) is 4.02. The van der Waals surface area contributed by atoms with Gasteiger partial charge in [-0.25, -0.2) is 9.67 Å². The molecule has 0 bridgehead atoms. The number of ketones is 1. The van der Waals surface area contributed by atoms with Crippen molar-refractivity contribution in [3.63, 3.8) is 0 Å². The second-order valence-corrected chi connectivity index (χ2v) is 4.00. The molecule has 2 aromatic rings. The Labute approximate surface area is 98.0 Å². The number of carbonyl (C=O) groups is 1. The number of benzene rings is 1. The number of nitrogens with zero attached hydrogens (tertiary/aromatic N) is 3. The van der Waals surface area contributed by atoms with E-state index in [0.717, 1.165) is 0 Å². The SMILES string of the molecule is CC1Oc2ccccc2C(=O)C1n1cncn1. The van der Waals surface area contributed by atoms with E-state index in [-0.39, 0.29) is 11.9 Å². The van der Waals surface area contributed by atoms with E-state index in [1.165, 1.54) is 12.7 Å². The number of aromatic nitrogens is 3. The minimum atomic E-state index is -0.438. The van der Waals surface area contributed by atoms with Gasteiger partial charge in [0.1, 0.15) is 24.5 Å². The van der Waals surface area contributed by atoms with Gasteiger partial charge in [-0.05, 0) is 19.1 Å². The van der Waals surface area contributed by atoms with E-state index in [0.29, 0.717) is 11.3 Å². The summed E-state index contributed by atoms with van der Waals surface area (Å²) < 4.78 is 7.27. The Hall–Kier alpha value is -2.17. The van der Waals surface area contributed by atoms with Crippen LogP contribution >= 0.6 is 0 Å². The van der Waals surface area contributed by atoms with Gasteiger partial charge in [-0.3, -0.25) is 4.79 Å². The van der Waals surface area contributed by atoms with Gasteiger partial charge in [0.25, 0.3) is 0 Å². The fourth-order valence-electron chi connectivity index (χ4n) is 2.11. The molecule has 0 amide bonds. The van der Waals surface area contributed by atoms with Crippen molar-refractivity contribution in [2.24, 2.45) is 0 Å². The molecule has 5 heteroatoms. The number of hydrogen-bond donors (Lipinski definition) is 0. The third kappa shape index (κ3) is 1.51. The Morgan fingerprint density at radius 3 is 2.94 bits per heavy atom. The Kier molecular flexibility index (Phi) is 2.18. The summed E-state index contributed by atoms with van der Waals surface area (Å²) in [7, 11) is 0. The van der Waals surface area contributed by atoms with Crippen LogP contribution in [0.25, 0.3) is 0 Å². The lowest BCUT2D eigenvalue weighted by Crippen LogP contribution is -2.37. The molecule has 5 nitrogen and oxygen atoms in total. The highest BCUT2D eigenvalue weighted by Crippen LogP contribution is 2.32. The molecule has 3 rings (SSSR count). The molecule has 1 aliphatic rings. The van der Waals surface area contributed by atoms with Crippen molar-refractivity contribution in [3.05, 3.63) is 42.5 Å². The van der Waals surface area contributed by atoms with Crippen LogP contribution < -0.4 is 4.74 Å². The van der Waals surface area contributed by atoms with Gasteiger partial charge in [0.2, 0.25) is 0 Å². The maximum absolute atomic E-state index is 12.4. The molecule has 0 fully saturated rings. The average Bonchev–Trinajstić information content (AvgIpc) is 2.83. The molecular weight excluding hydrogens is 218 g/mol. The highest BCUT2D eigenvalue weighted by molar-refractivity contribution is 6.02. The lowest BCUT2D eigenvalue weighted by molar-refractivity contribution is 0.0697. The first-order valence-corrected chi connectivity index (χ1v) is 5.41. The van der Waals surface area contributed by atoms with Gasteiger partial charge in [-0.2, -0.15) is 5.10 Å². The number of carbonyl (C=O) groups excluding carboxylic acids is 1. The van der Waals surface area contributed by atoms with Gasteiger partial charge in [-0.15, -0.1) is 0 Å². The van der Waals surface area contributed by atoms with Crippen LogP contribution in [-0.2, 0) is 0 Å². The topological polar surface area (TPSA) is 57.0 Å². The predicted molar refractivity (Wildman–Crippen MR) is 59.9 cm³/mol. The van der Waals surface area contributed by atoms with Crippen molar-refractivity contribution in [2.45, 2.75) is 19.1 Å². The molecule has 1 aromatic heterocycles. The summed E-state index contributed by atoms with van der Waals surface area (Å²) in [6.07, 6.45) is 2.70. The fourth-order valence-corrected chi connectivity index (χ4v) is 2.11. The van der Waals surface area contributed by atoms with Crippen molar-refractivity contribution in [1.29, 1.82) is 0 Å². The minimum absolute atomic E-state index is 0.0184. The Morgan fingerprint density at radius 1 is 1.35 bits per heavy atom. The quantitative estimate of drug-likeness (QED) is 0.743. The van der Waals surface area contributed by atoms with Gasteiger partial charge in [-0.1, -0.05) is 12.1 Å². The summed E-state index contributed by atoms with van der Waals surface area (Å²) >= 11 is 0. The van der Waals surface area contributed by atoms with Crippen LogP contribution in [0.3, 0.4) is 0 Å².